The average molecular weight is 467 g/mol. The van der Waals surface area contributed by atoms with Gasteiger partial charge in [0.15, 0.2) is 11.5 Å². The summed E-state index contributed by atoms with van der Waals surface area (Å²) in [6, 6.07) is 7.33. The Morgan fingerprint density at radius 2 is 1.91 bits per heavy atom. The molecule has 1 N–H and O–H groups in total. The number of ether oxygens (including phenoxy) is 2. The standard InChI is InChI=1S/C23H22F5N3O2/c1-32-20-9-14(18-12-30-21(31-18)15-3-2-8-22(24,25)10-15)4-7-19(20)33-13-17-6-5-16(11-29-17)23(26,27)28/h4-7,9,11-12,15H,2-3,8,10,13H2,1H3,(H,30,31). The Labute approximate surface area is 187 Å². The maximum atomic E-state index is 13.8. The number of nitrogens with one attached hydrogen (secondary N) is 1. The Bertz CT molecular complexity index is 1100. The lowest BCUT2D eigenvalue weighted by atomic mass is 9.86. The third-order valence-electron chi connectivity index (χ3n) is 5.62. The molecule has 0 amide bonds. The molecule has 2 heterocycles. The van der Waals surface area contributed by atoms with E-state index >= 15 is 0 Å². The molecule has 0 aliphatic heterocycles. The van der Waals surface area contributed by atoms with E-state index in [4.69, 9.17) is 9.47 Å². The number of alkyl halides is 5. The van der Waals surface area contributed by atoms with Gasteiger partial charge in [-0.3, -0.25) is 4.98 Å². The molecule has 5 nitrogen and oxygen atoms in total. The molecule has 1 aliphatic rings. The summed E-state index contributed by atoms with van der Waals surface area (Å²) in [4.78, 5) is 11.2. The minimum Gasteiger partial charge on any atom is -0.493 e. The Morgan fingerprint density at radius 3 is 2.58 bits per heavy atom. The molecule has 1 aliphatic carbocycles. The summed E-state index contributed by atoms with van der Waals surface area (Å²) >= 11 is 0. The van der Waals surface area contributed by atoms with Crippen LogP contribution in [0.4, 0.5) is 22.0 Å². The van der Waals surface area contributed by atoms with Crippen molar-refractivity contribution >= 4 is 0 Å². The van der Waals surface area contributed by atoms with Gasteiger partial charge in [-0.25, -0.2) is 13.8 Å². The van der Waals surface area contributed by atoms with Gasteiger partial charge in [-0.2, -0.15) is 13.2 Å². The van der Waals surface area contributed by atoms with E-state index in [1.54, 1.807) is 24.4 Å². The molecule has 1 saturated carbocycles. The van der Waals surface area contributed by atoms with Crippen LogP contribution in [-0.4, -0.2) is 28.0 Å². The van der Waals surface area contributed by atoms with E-state index in [0.29, 0.717) is 41.6 Å². The van der Waals surface area contributed by atoms with Crippen molar-refractivity contribution in [1.82, 2.24) is 15.0 Å². The number of aromatic amines is 1. The number of halogens is 5. The zero-order valence-electron chi connectivity index (χ0n) is 17.8. The first-order valence-electron chi connectivity index (χ1n) is 10.4. The smallest absolute Gasteiger partial charge is 0.417 e. The summed E-state index contributed by atoms with van der Waals surface area (Å²) in [5.41, 5.74) is 0.891. The highest BCUT2D eigenvalue weighted by molar-refractivity contribution is 5.63. The van der Waals surface area contributed by atoms with E-state index in [2.05, 4.69) is 15.0 Å². The molecule has 1 unspecified atom stereocenters. The number of nitrogens with zero attached hydrogens (tertiary/aromatic N) is 2. The van der Waals surface area contributed by atoms with Crippen LogP contribution in [0.1, 0.15) is 48.7 Å². The van der Waals surface area contributed by atoms with Crippen molar-refractivity contribution < 1.29 is 31.4 Å². The molecule has 0 radical (unpaired) electrons. The van der Waals surface area contributed by atoms with Gasteiger partial charge in [0, 0.05) is 30.5 Å². The molecule has 2 aromatic heterocycles. The van der Waals surface area contributed by atoms with Gasteiger partial charge >= 0.3 is 6.18 Å². The zero-order valence-corrected chi connectivity index (χ0v) is 17.8. The molecule has 33 heavy (non-hydrogen) atoms. The topological polar surface area (TPSA) is 60.0 Å². The number of rotatable bonds is 6. The van der Waals surface area contributed by atoms with E-state index in [0.717, 1.165) is 17.8 Å². The largest absolute Gasteiger partial charge is 0.493 e. The molecule has 0 saturated heterocycles. The van der Waals surface area contributed by atoms with Gasteiger partial charge < -0.3 is 14.5 Å². The van der Waals surface area contributed by atoms with Crippen LogP contribution in [0.2, 0.25) is 0 Å². The van der Waals surface area contributed by atoms with E-state index < -0.39 is 17.7 Å². The summed E-state index contributed by atoms with van der Waals surface area (Å²) in [7, 11) is 1.46. The van der Waals surface area contributed by atoms with Crippen LogP contribution >= 0.6 is 0 Å². The molecular formula is C23H22F5N3O2. The average Bonchev–Trinajstić information content (AvgIpc) is 3.27. The summed E-state index contributed by atoms with van der Waals surface area (Å²) in [6.45, 7) is -0.0437. The van der Waals surface area contributed by atoms with E-state index in [9.17, 15) is 22.0 Å². The minimum absolute atomic E-state index is 0.0437. The number of pyridine rings is 1. The van der Waals surface area contributed by atoms with Crippen LogP contribution in [0, 0.1) is 0 Å². The molecule has 1 atom stereocenters. The van der Waals surface area contributed by atoms with Crippen LogP contribution in [0.15, 0.2) is 42.7 Å². The Kier molecular flexibility index (Phi) is 6.27. The molecule has 4 rings (SSSR count). The molecule has 0 bridgehead atoms. The fourth-order valence-corrected chi connectivity index (χ4v) is 3.88. The Balaban J connectivity index is 1.45. The van der Waals surface area contributed by atoms with Gasteiger partial charge in [-0.05, 0) is 43.2 Å². The third kappa shape index (κ3) is 5.43. The highest BCUT2D eigenvalue weighted by Gasteiger charge is 2.38. The zero-order chi connectivity index (χ0) is 23.6. The second-order valence-corrected chi connectivity index (χ2v) is 8.02. The normalized spacial score (nSPS) is 18.2. The molecule has 0 spiro atoms. The minimum atomic E-state index is -4.45. The van der Waals surface area contributed by atoms with Crippen molar-refractivity contribution in [3.8, 4) is 22.8 Å². The van der Waals surface area contributed by atoms with Crippen molar-refractivity contribution in [2.45, 2.75) is 50.3 Å². The predicted molar refractivity (Wildman–Crippen MR) is 110 cm³/mol. The first-order chi connectivity index (χ1) is 15.6. The van der Waals surface area contributed by atoms with Crippen molar-refractivity contribution in [2.75, 3.05) is 7.11 Å². The Hall–Kier alpha value is -3.17. The Morgan fingerprint density at radius 1 is 1.09 bits per heavy atom. The van der Waals surface area contributed by atoms with Gasteiger partial charge in [0.1, 0.15) is 12.4 Å². The maximum Gasteiger partial charge on any atom is 0.417 e. The quantitative estimate of drug-likeness (QED) is 0.428. The number of benzene rings is 1. The van der Waals surface area contributed by atoms with Crippen LogP contribution < -0.4 is 9.47 Å². The number of imidazole rings is 1. The number of H-pyrrole nitrogens is 1. The number of hydrogen-bond donors (Lipinski definition) is 1. The third-order valence-corrected chi connectivity index (χ3v) is 5.62. The van der Waals surface area contributed by atoms with Gasteiger partial charge in [0.2, 0.25) is 5.92 Å². The lowest BCUT2D eigenvalue weighted by Crippen LogP contribution is -2.25. The molecular weight excluding hydrogens is 445 g/mol. The van der Waals surface area contributed by atoms with Crippen molar-refractivity contribution in [2.24, 2.45) is 0 Å². The van der Waals surface area contributed by atoms with E-state index in [-0.39, 0.29) is 25.4 Å². The highest BCUT2D eigenvalue weighted by atomic mass is 19.4. The second-order valence-electron chi connectivity index (χ2n) is 8.02. The summed E-state index contributed by atoms with van der Waals surface area (Å²) in [6.07, 6.45) is -1.26. The van der Waals surface area contributed by atoms with Crippen molar-refractivity contribution in [3.63, 3.8) is 0 Å². The van der Waals surface area contributed by atoms with Gasteiger partial charge in [0.25, 0.3) is 0 Å². The lowest BCUT2D eigenvalue weighted by Gasteiger charge is -2.27. The molecule has 3 aromatic rings. The summed E-state index contributed by atoms with van der Waals surface area (Å²) < 4.78 is 76.5. The van der Waals surface area contributed by atoms with E-state index in [1.807, 2.05) is 0 Å². The molecule has 1 aromatic carbocycles. The summed E-state index contributed by atoms with van der Waals surface area (Å²) in [5, 5.41) is 0. The monoisotopic (exact) mass is 467 g/mol. The first-order valence-corrected chi connectivity index (χ1v) is 10.4. The molecule has 1 fully saturated rings. The lowest BCUT2D eigenvalue weighted by molar-refractivity contribution is -0.137. The fraction of sp³-hybridized carbons (Fsp3) is 0.391. The van der Waals surface area contributed by atoms with Crippen LogP contribution in [-0.2, 0) is 12.8 Å². The van der Waals surface area contributed by atoms with Crippen LogP contribution in [0.5, 0.6) is 11.5 Å². The summed E-state index contributed by atoms with van der Waals surface area (Å²) in [5.74, 6) is -1.66. The molecule has 176 valence electrons. The highest BCUT2D eigenvalue weighted by Crippen LogP contribution is 2.41. The van der Waals surface area contributed by atoms with E-state index in [1.165, 1.54) is 13.2 Å². The van der Waals surface area contributed by atoms with Crippen molar-refractivity contribution in [3.05, 3.63) is 59.8 Å². The van der Waals surface area contributed by atoms with Crippen molar-refractivity contribution in [1.29, 1.82) is 0 Å². The van der Waals surface area contributed by atoms with Gasteiger partial charge in [-0.15, -0.1) is 0 Å². The second kappa shape index (κ2) is 8.99. The maximum absolute atomic E-state index is 13.8. The van der Waals surface area contributed by atoms with Gasteiger partial charge in [-0.1, -0.05) is 0 Å². The number of methoxy groups -OCH3 is 1. The number of aromatic nitrogens is 3. The van der Waals surface area contributed by atoms with Crippen LogP contribution in [0.25, 0.3) is 11.3 Å². The van der Waals surface area contributed by atoms with Crippen LogP contribution in [0.3, 0.4) is 0 Å². The number of hydrogen-bond acceptors (Lipinski definition) is 4. The fourth-order valence-electron chi connectivity index (χ4n) is 3.88. The SMILES string of the molecule is COc1cc(-c2cnc(C3CCCC(F)(F)C3)[nH]2)ccc1OCc1ccc(C(F)(F)F)cn1. The predicted octanol–water partition coefficient (Wildman–Crippen LogP) is 6.37. The first kappa shape index (κ1) is 23.0. The van der Waals surface area contributed by atoms with Gasteiger partial charge in [0.05, 0.1) is 30.3 Å². The molecule has 10 heteroatoms.